The maximum atomic E-state index is 9.84. The second-order valence-corrected chi connectivity index (χ2v) is 13.4. The van der Waals surface area contributed by atoms with E-state index in [0.717, 1.165) is 15.7 Å². The fourth-order valence-electron chi connectivity index (χ4n) is 7.58. The van der Waals surface area contributed by atoms with Crippen LogP contribution in [0.25, 0.3) is 89.2 Å². The number of hydrogen-bond donors (Lipinski definition) is 0. The summed E-state index contributed by atoms with van der Waals surface area (Å²) < 4.78 is 172. The van der Waals surface area contributed by atoms with Crippen molar-refractivity contribution in [2.24, 2.45) is 0 Å². The molecule has 10 aromatic rings. The fourth-order valence-corrected chi connectivity index (χ4v) is 7.58. The second-order valence-electron chi connectivity index (χ2n) is 13.4. The van der Waals surface area contributed by atoms with E-state index < -0.39 is 132 Å². The van der Waals surface area contributed by atoms with Crippen LogP contribution in [-0.4, -0.2) is 30.2 Å². The van der Waals surface area contributed by atoms with Gasteiger partial charge < -0.3 is 9.30 Å². The normalized spacial score (nSPS) is 20.8. The van der Waals surface area contributed by atoms with Crippen LogP contribution in [0.5, 0.6) is 5.75 Å². The number of aromatic nitrogens is 5. The van der Waals surface area contributed by atoms with Crippen LogP contribution in [0.2, 0.25) is 0 Å². The third kappa shape index (κ3) is 4.94. The summed E-state index contributed by atoms with van der Waals surface area (Å²) in [5.74, 6) is -1.90. The Kier molecular flexibility index (Phi) is 4.13. The van der Waals surface area contributed by atoms with Gasteiger partial charge in [0.25, 0.3) is 0 Å². The summed E-state index contributed by atoms with van der Waals surface area (Å²) in [4.78, 5) is 14.8. The molecule has 0 saturated carbocycles. The Bertz CT molecular complexity index is 4310. The molecule has 1 aliphatic heterocycles. The molecule has 0 fully saturated rings. The van der Waals surface area contributed by atoms with Gasteiger partial charge in [-0.3, -0.25) is 4.57 Å². The lowest BCUT2D eigenvalue weighted by molar-refractivity contribution is 0.269. The highest BCUT2D eigenvalue weighted by atomic mass is 16.5. The van der Waals surface area contributed by atoms with Gasteiger partial charge in [0.2, 0.25) is 5.95 Å². The quantitative estimate of drug-likeness (QED) is 0.176. The molecule has 3 aromatic heterocycles. The minimum absolute atomic E-state index is 0.0672. The third-order valence-corrected chi connectivity index (χ3v) is 10.2. The maximum Gasteiger partial charge on any atom is 0.238 e. The predicted octanol–water partition coefficient (Wildman–Crippen LogP) is 12.0. The highest BCUT2D eigenvalue weighted by Crippen LogP contribution is 2.45. The number of benzene rings is 7. The van der Waals surface area contributed by atoms with E-state index in [2.05, 4.69) is 0 Å². The summed E-state index contributed by atoms with van der Waals surface area (Å²) in [6, 6.07) is 12.0. The summed E-state index contributed by atoms with van der Waals surface area (Å²) in [5.41, 5.74) is 0.545. The summed E-state index contributed by atoms with van der Waals surface area (Å²) >= 11 is 0. The minimum atomic E-state index is -1.44. The topological polar surface area (TPSA) is 57.8 Å². The molecule has 6 nitrogen and oxygen atoms in total. The molecule has 2 aliphatic rings. The maximum absolute atomic E-state index is 9.84. The van der Waals surface area contributed by atoms with Crippen molar-refractivity contribution in [1.29, 1.82) is 0 Å². The summed E-state index contributed by atoms with van der Waals surface area (Å²) in [5, 5.41) is -1.24. The van der Waals surface area contributed by atoms with Crippen LogP contribution >= 0.6 is 0 Å². The highest BCUT2D eigenvalue weighted by Gasteiger charge is 2.32. The molecule has 7 aromatic carbocycles. The number of fused-ring (bicyclic) bond motifs is 10. The molecule has 2 unspecified atom stereocenters. The fraction of sp³-hybridized carbons (Fsp3) is 0.0392. The third-order valence-electron chi connectivity index (χ3n) is 10.2. The first kappa shape index (κ1) is 18.8. The van der Waals surface area contributed by atoms with Gasteiger partial charge in [-0.15, -0.1) is 0 Å². The summed E-state index contributed by atoms with van der Waals surface area (Å²) in [7, 11) is 0. The van der Waals surface area contributed by atoms with E-state index in [1.54, 1.807) is 66.7 Å². The Balaban J connectivity index is 1.28. The Labute approximate surface area is 353 Å². The molecule has 4 heterocycles. The molecular formula is C51H33N5O. The smallest absolute Gasteiger partial charge is 0.238 e. The Morgan fingerprint density at radius 1 is 0.509 bits per heavy atom. The van der Waals surface area contributed by atoms with E-state index in [0.29, 0.717) is 17.2 Å². The molecule has 0 spiro atoms. The van der Waals surface area contributed by atoms with Crippen LogP contribution < -0.4 is 4.74 Å². The van der Waals surface area contributed by atoms with E-state index in [1.165, 1.54) is 4.57 Å². The lowest BCUT2D eigenvalue weighted by Crippen LogP contribution is -2.15. The molecule has 0 N–H and O–H groups in total. The molecule has 0 radical (unpaired) electrons. The largest absolute Gasteiger partial charge is 0.485 e. The van der Waals surface area contributed by atoms with E-state index in [-0.39, 0.29) is 61.3 Å². The zero-order valence-corrected chi connectivity index (χ0v) is 29.3. The van der Waals surface area contributed by atoms with Crippen molar-refractivity contribution in [1.82, 2.24) is 24.1 Å². The van der Waals surface area contributed by atoms with Gasteiger partial charge in [-0.2, -0.15) is 9.97 Å². The molecule has 0 saturated heterocycles. The molecule has 6 heteroatoms. The van der Waals surface area contributed by atoms with Gasteiger partial charge in [-0.25, -0.2) is 4.98 Å². The first-order valence-electron chi connectivity index (χ1n) is 26.9. The van der Waals surface area contributed by atoms with E-state index in [9.17, 15) is 12.3 Å². The lowest BCUT2D eigenvalue weighted by atomic mass is 9.92. The van der Waals surface area contributed by atoms with E-state index in [4.69, 9.17) is 32.0 Å². The number of hydrogen-bond acceptors (Lipinski definition) is 4. The van der Waals surface area contributed by atoms with Crippen molar-refractivity contribution in [2.45, 2.75) is 12.0 Å². The monoisotopic (exact) mass is 749 g/mol. The minimum Gasteiger partial charge on any atom is -0.485 e. The summed E-state index contributed by atoms with van der Waals surface area (Å²) in [6.07, 6.45) is -1.44. The molecule has 0 amide bonds. The van der Waals surface area contributed by atoms with Crippen molar-refractivity contribution in [3.63, 3.8) is 0 Å². The van der Waals surface area contributed by atoms with Crippen LogP contribution in [0.3, 0.4) is 0 Å². The zero-order valence-electron chi connectivity index (χ0n) is 47.3. The SMILES string of the molecule is [2H]C1=C([2H])C2Oc3c([2H])c(-n4c5c([2H])c([2H])c([2H])c([2H])c5c5c([2H])c([2H])c6c7c([2H])c([2H])c([2H])c([2H])c7n(-c7nc(-c8ccccc8)nc(-c8ccc(-c9ccc([2H])cc9)cc8)n7)c6c54)c([2H])c([2H])c3C2C([2H])=C1[2H]. The Hall–Kier alpha value is -7.57. The first-order valence-corrected chi connectivity index (χ1v) is 17.9. The first-order chi connectivity index (χ1) is 35.7. The van der Waals surface area contributed by atoms with Gasteiger partial charge in [-0.05, 0) is 35.3 Å². The van der Waals surface area contributed by atoms with Crippen molar-refractivity contribution >= 4 is 43.6 Å². The van der Waals surface area contributed by atoms with Crippen LogP contribution in [0.4, 0.5) is 0 Å². The Morgan fingerprint density at radius 3 is 1.84 bits per heavy atom. The van der Waals surface area contributed by atoms with E-state index in [1.807, 2.05) is 12.1 Å². The van der Waals surface area contributed by atoms with Crippen LogP contribution in [-0.2, 0) is 0 Å². The molecule has 12 rings (SSSR count). The van der Waals surface area contributed by atoms with Crippen molar-refractivity contribution < 1.29 is 29.4 Å². The van der Waals surface area contributed by atoms with Crippen molar-refractivity contribution in [2.75, 3.05) is 0 Å². The van der Waals surface area contributed by atoms with Crippen LogP contribution in [0.1, 0.15) is 36.2 Å². The standard InChI is InChI=1S/C51H33N5O/c1-3-13-32(14-4-1)33-23-25-35(26-24-33)50-52-49(34-15-5-2-6-16-34)53-51(54-50)56-44-21-11-8-18-38(44)42-30-29-41-37-17-7-10-20-43(37)55(47(41)48(42)56)36-27-28-40-39-19-9-12-22-45(39)57-46(40)31-36/h1-31,39,45H/i1D,7D,8D,9D,10D,11D,12D,17D,18D,19D,20D,21D,22D,27D,28D,29D,30D,31D. The van der Waals surface area contributed by atoms with Crippen molar-refractivity contribution in [3.8, 4) is 51.3 Å². The highest BCUT2D eigenvalue weighted by molar-refractivity contribution is 6.23. The van der Waals surface area contributed by atoms with E-state index >= 15 is 0 Å². The van der Waals surface area contributed by atoms with Gasteiger partial charge >= 0.3 is 0 Å². The van der Waals surface area contributed by atoms with Gasteiger partial charge in [-0.1, -0.05) is 157 Å². The number of ether oxygens (including phenoxy) is 1. The average molecular weight is 750 g/mol. The molecule has 0 bridgehead atoms. The van der Waals surface area contributed by atoms with Gasteiger partial charge in [0.05, 0.1) is 46.7 Å². The van der Waals surface area contributed by atoms with Crippen LogP contribution in [0.15, 0.2) is 188 Å². The van der Waals surface area contributed by atoms with Crippen LogP contribution in [0, 0.1) is 0 Å². The number of rotatable bonds is 5. The second kappa shape index (κ2) is 12.5. The van der Waals surface area contributed by atoms with Gasteiger partial charge in [0, 0.05) is 55.9 Å². The van der Waals surface area contributed by atoms with Crippen molar-refractivity contribution in [3.05, 3.63) is 193 Å². The predicted molar refractivity (Wildman–Crippen MR) is 230 cm³/mol. The number of allylic oxidation sites excluding steroid dienone is 2. The van der Waals surface area contributed by atoms with Gasteiger partial charge in [0.1, 0.15) is 11.9 Å². The molecule has 2 atom stereocenters. The zero-order chi connectivity index (χ0) is 53.1. The molecular weight excluding hydrogens is 699 g/mol. The average Bonchev–Trinajstić information content (AvgIpc) is 4.29. The lowest BCUT2D eigenvalue weighted by Gasteiger charge is -2.14. The molecule has 268 valence electrons. The molecule has 57 heavy (non-hydrogen) atoms. The molecule has 1 aliphatic carbocycles. The number of para-hydroxylation sites is 2. The number of nitrogens with zero attached hydrogens (tertiary/aromatic N) is 5. The van der Waals surface area contributed by atoms with Gasteiger partial charge in [0.15, 0.2) is 11.6 Å². The Morgan fingerprint density at radius 2 is 1.11 bits per heavy atom. The summed E-state index contributed by atoms with van der Waals surface area (Å²) in [6.45, 7) is 0.